The number of amides is 1. The number of hydrogen-bond acceptors (Lipinski definition) is 5. The quantitative estimate of drug-likeness (QED) is 0.551. The van der Waals surface area contributed by atoms with Crippen LogP contribution in [0.3, 0.4) is 0 Å². The lowest BCUT2D eigenvalue weighted by molar-refractivity contribution is -0.133. The minimum atomic E-state index is -0.300. The van der Waals surface area contributed by atoms with Gasteiger partial charge < -0.3 is 15.4 Å². The Morgan fingerprint density at radius 1 is 1.24 bits per heavy atom. The van der Waals surface area contributed by atoms with Gasteiger partial charge in [-0.15, -0.1) is 0 Å². The number of rotatable bonds is 12. The molecule has 0 bridgehead atoms. The van der Waals surface area contributed by atoms with Crippen LogP contribution in [0.15, 0.2) is 29.1 Å². The van der Waals surface area contributed by atoms with Gasteiger partial charge in [-0.3, -0.25) is 14.2 Å². The van der Waals surface area contributed by atoms with E-state index in [9.17, 15) is 9.59 Å². The van der Waals surface area contributed by atoms with Crippen molar-refractivity contribution in [1.29, 1.82) is 0 Å². The average molecular weight is 403 g/mol. The predicted molar refractivity (Wildman–Crippen MR) is 116 cm³/mol. The zero-order valence-electron chi connectivity index (χ0n) is 17.9. The van der Waals surface area contributed by atoms with Gasteiger partial charge >= 0.3 is 0 Å². The fourth-order valence-corrected chi connectivity index (χ4v) is 3.56. The first-order valence-electron chi connectivity index (χ1n) is 10.5. The molecule has 1 unspecified atom stereocenters. The highest BCUT2D eigenvalue weighted by Crippen LogP contribution is 2.22. The molecule has 7 nitrogen and oxygen atoms in total. The first-order valence-corrected chi connectivity index (χ1v) is 10.5. The molecule has 0 aliphatic heterocycles. The number of carbonyl (C=O) groups is 1. The van der Waals surface area contributed by atoms with E-state index < -0.39 is 0 Å². The zero-order chi connectivity index (χ0) is 21.2. The van der Waals surface area contributed by atoms with Crippen molar-refractivity contribution in [2.75, 3.05) is 26.8 Å². The molecule has 0 aliphatic rings. The number of fused-ring (bicyclic) bond motifs is 1. The summed E-state index contributed by atoms with van der Waals surface area (Å²) in [6, 6.07) is 7.03. The van der Waals surface area contributed by atoms with Gasteiger partial charge in [-0.05, 0) is 38.4 Å². The first-order chi connectivity index (χ1) is 14.0. The van der Waals surface area contributed by atoms with Gasteiger partial charge in [-0.25, -0.2) is 4.98 Å². The third kappa shape index (κ3) is 5.87. The van der Waals surface area contributed by atoms with E-state index in [1.54, 1.807) is 17.7 Å². The molecule has 0 saturated carbocycles. The second kappa shape index (κ2) is 11.7. The standard InChI is InChI=1S/C22H34N4O3/c1-4-20(27)25(14-10-6-5-9-13-23)17(2)21-24-19-12-8-7-11-18(19)22(28)26(21)15-16-29-3/h7-8,11-12,17H,4-6,9-10,13-16,23H2,1-3H3. The molecule has 1 aromatic carbocycles. The molecule has 0 spiro atoms. The molecule has 2 aromatic rings. The summed E-state index contributed by atoms with van der Waals surface area (Å²) in [4.78, 5) is 32.4. The number of nitrogens with two attached hydrogens (primary N) is 1. The molecule has 1 heterocycles. The molecule has 0 saturated heterocycles. The molecule has 0 radical (unpaired) electrons. The van der Waals surface area contributed by atoms with Crippen molar-refractivity contribution in [3.05, 3.63) is 40.4 Å². The van der Waals surface area contributed by atoms with Gasteiger partial charge in [-0.2, -0.15) is 0 Å². The average Bonchev–Trinajstić information content (AvgIpc) is 2.74. The Balaban J connectivity index is 2.38. The topological polar surface area (TPSA) is 90.5 Å². The molecule has 1 atom stereocenters. The number of benzene rings is 1. The Bertz CT molecular complexity index is 850. The molecule has 29 heavy (non-hydrogen) atoms. The number of para-hydroxylation sites is 1. The summed E-state index contributed by atoms with van der Waals surface area (Å²) in [5.41, 5.74) is 6.12. The summed E-state index contributed by atoms with van der Waals surface area (Å²) < 4.78 is 6.85. The number of nitrogens with zero attached hydrogens (tertiary/aromatic N) is 3. The van der Waals surface area contributed by atoms with Gasteiger partial charge in [0, 0.05) is 20.1 Å². The third-order valence-electron chi connectivity index (χ3n) is 5.23. The van der Waals surface area contributed by atoms with E-state index in [4.69, 9.17) is 15.5 Å². The van der Waals surface area contributed by atoms with Gasteiger partial charge in [0.25, 0.3) is 5.56 Å². The van der Waals surface area contributed by atoms with Crippen LogP contribution in [0.25, 0.3) is 10.9 Å². The summed E-state index contributed by atoms with van der Waals surface area (Å²) in [6.07, 6.45) is 4.42. The van der Waals surface area contributed by atoms with Gasteiger partial charge in [0.1, 0.15) is 5.82 Å². The van der Waals surface area contributed by atoms with Crippen LogP contribution in [0.5, 0.6) is 0 Å². The van der Waals surface area contributed by atoms with Crippen LogP contribution in [0, 0.1) is 0 Å². The normalized spacial score (nSPS) is 12.3. The number of methoxy groups -OCH3 is 1. The lowest BCUT2D eigenvalue weighted by Gasteiger charge is -2.30. The van der Waals surface area contributed by atoms with Crippen molar-refractivity contribution in [3.63, 3.8) is 0 Å². The molecule has 160 valence electrons. The highest BCUT2D eigenvalue weighted by Gasteiger charge is 2.25. The number of unbranched alkanes of at least 4 members (excludes halogenated alkanes) is 3. The van der Waals surface area contributed by atoms with E-state index in [2.05, 4.69) is 0 Å². The van der Waals surface area contributed by atoms with Crippen LogP contribution in [0.2, 0.25) is 0 Å². The van der Waals surface area contributed by atoms with Gasteiger partial charge in [0.15, 0.2) is 0 Å². The first kappa shape index (κ1) is 23.0. The van der Waals surface area contributed by atoms with E-state index in [1.807, 2.05) is 36.9 Å². The number of ether oxygens (including phenoxy) is 1. The zero-order valence-corrected chi connectivity index (χ0v) is 17.9. The number of aromatic nitrogens is 2. The number of hydrogen-bond donors (Lipinski definition) is 1. The maximum Gasteiger partial charge on any atom is 0.261 e. The minimum Gasteiger partial charge on any atom is -0.383 e. The van der Waals surface area contributed by atoms with E-state index in [0.29, 0.717) is 49.4 Å². The van der Waals surface area contributed by atoms with Crippen LogP contribution in [-0.4, -0.2) is 47.2 Å². The molecule has 1 amide bonds. The Morgan fingerprint density at radius 3 is 2.66 bits per heavy atom. The largest absolute Gasteiger partial charge is 0.383 e. The van der Waals surface area contributed by atoms with Crippen molar-refractivity contribution in [1.82, 2.24) is 14.5 Å². The molecule has 0 fully saturated rings. The van der Waals surface area contributed by atoms with Crippen molar-refractivity contribution in [2.24, 2.45) is 5.73 Å². The molecular weight excluding hydrogens is 368 g/mol. The summed E-state index contributed by atoms with van der Waals surface area (Å²) in [6.45, 7) is 5.96. The SMILES string of the molecule is CCC(=O)N(CCCCCCN)C(C)c1nc2ccccc2c(=O)n1CCOC. The van der Waals surface area contributed by atoms with Crippen molar-refractivity contribution in [2.45, 2.75) is 58.5 Å². The van der Waals surface area contributed by atoms with E-state index in [-0.39, 0.29) is 17.5 Å². The van der Waals surface area contributed by atoms with E-state index in [1.165, 1.54) is 0 Å². The molecule has 2 rings (SSSR count). The van der Waals surface area contributed by atoms with Crippen molar-refractivity contribution in [3.8, 4) is 0 Å². The predicted octanol–water partition coefficient (Wildman–Crippen LogP) is 2.86. The van der Waals surface area contributed by atoms with Crippen LogP contribution in [0.4, 0.5) is 0 Å². The summed E-state index contributed by atoms with van der Waals surface area (Å²) >= 11 is 0. The van der Waals surface area contributed by atoms with Crippen molar-refractivity contribution < 1.29 is 9.53 Å². The van der Waals surface area contributed by atoms with Crippen LogP contribution in [-0.2, 0) is 16.1 Å². The Hall–Kier alpha value is -2.25. The van der Waals surface area contributed by atoms with Gasteiger partial charge in [-0.1, -0.05) is 31.9 Å². The van der Waals surface area contributed by atoms with E-state index in [0.717, 1.165) is 25.7 Å². The smallest absolute Gasteiger partial charge is 0.261 e. The lowest BCUT2D eigenvalue weighted by Crippen LogP contribution is -2.38. The summed E-state index contributed by atoms with van der Waals surface area (Å²) in [5.74, 6) is 0.673. The molecule has 0 aliphatic carbocycles. The Labute approximate surface area is 172 Å². The van der Waals surface area contributed by atoms with Crippen LogP contribution in [0.1, 0.15) is 57.8 Å². The number of carbonyl (C=O) groups excluding carboxylic acids is 1. The second-order valence-electron chi connectivity index (χ2n) is 7.26. The summed E-state index contributed by atoms with van der Waals surface area (Å²) in [7, 11) is 1.61. The minimum absolute atomic E-state index is 0.0667. The van der Waals surface area contributed by atoms with Crippen molar-refractivity contribution >= 4 is 16.8 Å². The Kier molecular flexibility index (Phi) is 9.28. The second-order valence-corrected chi connectivity index (χ2v) is 7.26. The molecular formula is C22H34N4O3. The monoisotopic (exact) mass is 402 g/mol. The fourth-order valence-electron chi connectivity index (χ4n) is 3.56. The molecule has 2 N–H and O–H groups in total. The highest BCUT2D eigenvalue weighted by atomic mass is 16.5. The third-order valence-corrected chi connectivity index (χ3v) is 5.23. The highest BCUT2D eigenvalue weighted by molar-refractivity contribution is 5.78. The maximum atomic E-state index is 13.1. The maximum absolute atomic E-state index is 13.1. The molecule has 7 heteroatoms. The fraction of sp³-hybridized carbons (Fsp3) is 0.591. The van der Waals surface area contributed by atoms with Crippen LogP contribution >= 0.6 is 0 Å². The van der Waals surface area contributed by atoms with E-state index >= 15 is 0 Å². The lowest BCUT2D eigenvalue weighted by atomic mass is 10.1. The Morgan fingerprint density at radius 2 is 1.97 bits per heavy atom. The van der Waals surface area contributed by atoms with Gasteiger partial charge in [0.2, 0.25) is 5.91 Å². The summed E-state index contributed by atoms with van der Waals surface area (Å²) in [5, 5.41) is 0.578. The molecule has 1 aromatic heterocycles. The van der Waals surface area contributed by atoms with Gasteiger partial charge in [0.05, 0.1) is 30.1 Å². The van der Waals surface area contributed by atoms with Crippen LogP contribution < -0.4 is 11.3 Å².